The molecule has 11 nitrogen and oxygen atoms in total. The van der Waals surface area contributed by atoms with E-state index in [0.29, 0.717) is 18.8 Å². The molecule has 1 aromatic rings. The molecule has 2 amide bonds. The Hall–Kier alpha value is -2.70. The number of hydrogen-bond donors (Lipinski definition) is 3. The number of likely N-dealkylation sites (tertiary alicyclic amines) is 1. The fourth-order valence-electron chi connectivity index (χ4n) is 4.98. The zero-order chi connectivity index (χ0) is 24.2. The van der Waals surface area contributed by atoms with E-state index in [-0.39, 0.29) is 24.9 Å². The third kappa shape index (κ3) is 5.18. The van der Waals surface area contributed by atoms with Gasteiger partial charge in [-0.1, -0.05) is 5.18 Å². The minimum absolute atomic E-state index is 0.0321. The second kappa shape index (κ2) is 10.7. The number of hydrogen-bond acceptors (Lipinski definition) is 9. The zero-order valence-corrected chi connectivity index (χ0v) is 19.4. The van der Waals surface area contributed by atoms with Crippen LogP contribution in [0.2, 0.25) is 0 Å². The van der Waals surface area contributed by atoms with Crippen LogP contribution in [-0.4, -0.2) is 91.4 Å². The largest absolute Gasteiger partial charge is 0.370 e. The van der Waals surface area contributed by atoms with Crippen molar-refractivity contribution < 1.29 is 14.0 Å². The second-order valence-corrected chi connectivity index (χ2v) is 9.33. The number of halogens is 1. The van der Waals surface area contributed by atoms with Crippen molar-refractivity contribution in [3.63, 3.8) is 0 Å². The Morgan fingerprint density at radius 3 is 2.65 bits per heavy atom. The molecular formula is C22H33FN8O3. The summed E-state index contributed by atoms with van der Waals surface area (Å²) >= 11 is 0. The van der Waals surface area contributed by atoms with Gasteiger partial charge in [-0.15, -0.1) is 4.91 Å². The van der Waals surface area contributed by atoms with Crippen LogP contribution in [0.25, 0.3) is 0 Å². The van der Waals surface area contributed by atoms with Crippen LogP contribution in [0, 0.1) is 16.7 Å². The maximum absolute atomic E-state index is 13.7. The number of carbonyl (C=O) groups excluding carboxylic acids is 2. The van der Waals surface area contributed by atoms with Gasteiger partial charge in [0, 0.05) is 51.4 Å². The number of anilines is 2. The van der Waals surface area contributed by atoms with Crippen molar-refractivity contribution in [2.24, 2.45) is 22.7 Å². The summed E-state index contributed by atoms with van der Waals surface area (Å²) in [4.78, 5) is 46.9. The van der Waals surface area contributed by atoms with Crippen molar-refractivity contribution in [3.8, 4) is 0 Å². The van der Waals surface area contributed by atoms with Crippen LogP contribution in [0.15, 0.2) is 23.6 Å². The molecule has 3 saturated heterocycles. The second-order valence-electron chi connectivity index (χ2n) is 9.33. The molecule has 0 radical (unpaired) electrons. The average Bonchev–Trinajstić information content (AvgIpc) is 2.80. The normalized spacial score (nSPS) is 25.9. The number of aromatic nitrogens is 1. The first-order chi connectivity index (χ1) is 16.4. The van der Waals surface area contributed by atoms with E-state index in [1.165, 1.54) is 0 Å². The molecule has 3 aliphatic rings. The van der Waals surface area contributed by atoms with Gasteiger partial charge in [0.25, 0.3) is 0 Å². The summed E-state index contributed by atoms with van der Waals surface area (Å²) < 4.78 is 13.7. The van der Waals surface area contributed by atoms with E-state index in [4.69, 9.17) is 5.73 Å². The van der Waals surface area contributed by atoms with Crippen LogP contribution < -0.4 is 21.3 Å². The number of nitrogens with two attached hydrogens (primary N) is 1. The summed E-state index contributed by atoms with van der Waals surface area (Å²) in [6.07, 6.45) is 2.75. The number of nitrogens with one attached hydrogen (secondary N) is 2. The van der Waals surface area contributed by atoms with Gasteiger partial charge in [-0.25, -0.2) is 4.39 Å². The standard InChI is InChI=1S/C22H33FN8O3/c1-29-13-15(23)11-26-20(29)18(19(24)28-34)21(32)27-16-12-25-6-3-17(16)30-9-4-14(5-10-30)22(33)31-7-2-8-31/h3,6,12,14-15,18-20,26H,2,4-5,7-11,13,24H2,1H3,(H,27,32). The monoisotopic (exact) mass is 476 g/mol. The number of alkyl halides is 1. The third-order valence-electron chi connectivity index (χ3n) is 7.05. The predicted octanol–water partition coefficient (Wildman–Crippen LogP) is 0.335. The van der Waals surface area contributed by atoms with Crippen LogP contribution in [0.3, 0.4) is 0 Å². The van der Waals surface area contributed by atoms with Gasteiger partial charge in [0.2, 0.25) is 11.8 Å². The van der Waals surface area contributed by atoms with Crippen molar-refractivity contribution in [2.75, 3.05) is 56.5 Å². The van der Waals surface area contributed by atoms with Gasteiger partial charge in [0.05, 0.1) is 23.7 Å². The molecule has 0 spiro atoms. The number of nitroso groups, excluding NO2 is 1. The lowest BCUT2D eigenvalue weighted by molar-refractivity contribution is -0.139. The number of nitrogens with zero attached hydrogens (tertiary/aromatic N) is 5. The molecule has 0 aromatic carbocycles. The lowest BCUT2D eigenvalue weighted by Gasteiger charge is -2.40. The highest BCUT2D eigenvalue weighted by molar-refractivity contribution is 5.96. The van der Waals surface area contributed by atoms with E-state index < -0.39 is 30.3 Å². The van der Waals surface area contributed by atoms with E-state index in [0.717, 1.165) is 38.0 Å². The van der Waals surface area contributed by atoms with Crippen LogP contribution in [-0.2, 0) is 9.59 Å². The van der Waals surface area contributed by atoms with E-state index in [1.807, 2.05) is 11.0 Å². The van der Waals surface area contributed by atoms with Gasteiger partial charge in [-0.05, 0) is 32.4 Å². The van der Waals surface area contributed by atoms with Crippen molar-refractivity contribution in [1.82, 2.24) is 20.1 Å². The molecule has 34 heavy (non-hydrogen) atoms. The maximum atomic E-state index is 13.7. The molecule has 4 rings (SSSR count). The van der Waals surface area contributed by atoms with Gasteiger partial charge in [0.1, 0.15) is 12.1 Å². The Morgan fingerprint density at radius 1 is 1.29 bits per heavy atom. The third-order valence-corrected chi connectivity index (χ3v) is 7.05. The van der Waals surface area contributed by atoms with Crippen LogP contribution >= 0.6 is 0 Å². The molecule has 4 N–H and O–H groups in total. The smallest absolute Gasteiger partial charge is 0.234 e. The molecule has 12 heteroatoms. The van der Waals surface area contributed by atoms with Crippen molar-refractivity contribution >= 4 is 23.2 Å². The van der Waals surface area contributed by atoms with Crippen molar-refractivity contribution in [3.05, 3.63) is 23.4 Å². The topological polar surface area (TPSA) is 136 Å². The first-order valence-electron chi connectivity index (χ1n) is 11.8. The van der Waals surface area contributed by atoms with Gasteiger partial charge in [-0.2, -0.15) is 0 Å². The Labute approximate surface area is 198 Å². The first kappa shape index (κ1) is 24.4. The van der Waals surface area contributed by atoms with E-state index >= 15 is 0 Å². The quantitative estimate of drug-likeness (QED) is 0.479. The number of amides is 2. The number of carbonyl (C=O) groups is 2. The minimum atomic E-state index is -1.31. The lowest BCUT2D eigenvalue weighted by Crippen LogP contribution is -2.62. The summed E-state index contributed by atoms with van der Waals surface area (Å²) in [7, 11) is 1.67. The average molecular weight is 477 g/mol. The molecule has 4 heterocycles. The van der Waals surface area contributed by atoms with E-state index in [1.54, 1.807) is 24.3 Å². The molecule has 4 unspecified atom stereocenters. The summed E-state index contributed by atoms with van der Waals surface area (Å²) in [6, 6.07) is 1.82. The van der Waals surface area contributed by atoms with Crippen LogP contribution in [0.5, 0.6) is 0 Å². The number of rotatable bonds is 7. The highest BCUT2D eigenvalue weighted by atomic mass is 19.1. The highest BCUT2D eigenvalue weighted by Crippen LogP contribution is 2.31. The SMILES string of the molecule is CN1CC(F)CNC1C(C(=O)Nc1cnccc1N1CCC(C(=O)N2CCC2)CC1)C(N)N=O. The fraction of sp³-hybridized carbons (Fsp3) is 0.682. The Kier molecular flexibility index (Phi) is 7.69. The number of pyridine rings is 1. The molecule has 186 valence electrons. The maximum Gasteiger partial charge on any atom is 0.234 e. The molecule has 3 aliphatic heterocycles. The van der Waals surface area contributed by atoms with Gasteiger partial charge in [0.15, 0.2) is 6.17 Å². The minimum Gasteiger partial charge on any atom is -0.370 e. The van der Waals surface area contributed by atoms with E-state index in [2.05, 4.69) is 25.7 Å². The zero-order valence-electron chi connectivity index (χ0n) is 19.4. The first-order valence-corrected chi connectivity index (χ1v) is 11.8. The van der Waals surface area contributed by atoms with Gasteiger partial charge < -0.3 is 20.9 Å². The fourth-order valence-corrected chi connectivity index (χ4v) is 4.98. The molecule has 3 fully saturated rings. The summed E-state index contributed by atoms with van der Waals surface area (Å²) in [5.41, 5.74) is 7.18. The van der Waals surface area contributed by atoms with Crippen LogP contribution in [0.1, 0.15) is 19.3 Å². The van der Waals surface area contributed by atoms with Crippen molar-refractivity contribution in [2.45, 2.75) is 37.8 Å². The molecule has 4 atom stereocenters. The molecular weight excluding hydrogens is 443 g/mol. The van der Waals surface area contributed by atoms with Gasteiger partial charge in [-0.3, -0.25) is 24.8 Å². The summed E-state index contributed by atoms with van der Waals surface area (Å²) in [6.45, 7) is 3.26. The van der Waals surface area contributed by atoms with Crippen LogP contribution in [0.4, 0.5) is 15.8 Å². The Morgan fingerprint density at radius 2 is 2.03 bits per heavy atom. The molecule has 0 saturated carbocycles. The molecule has 0 aliphatic carbocycles. The predicted molar refractivity (Wildman–Crippen MR) is 126 cm³/mol. The molecule has 1 aromatic heterocycles. The molecule has 0 bridgehead atoms. The van der Waals surface area contributed by atoms with E-state index in [9.17, 15) is 18.9 Å². The summed E-state index contributed by atoms with van der Waals surface area (Å²) in [5.74, 6) is -1.24. The van der Waals surface area contributed by atoms with Gasteiger partial charge >= 0.3 is 0 Å². The Balaban J connectivity index is 1.45. The highest BCUT2D eigenvalue weighted by Gasteiger charge is 2.40. The summed E-state index contributed by atoms with van der Waals surface area (Å²) in [5, 5.41) is 8.71. The number of piperidine rings is 1. The Bertz CT molecular complexity index is 893. The lowest BCUT2D eigenvalue weighted by atomic mass is 9.93. The van der Waals surface area contributed by atoms with Crippen molar-refractivity contribution in [1.29, 1.82) is 0 Å².